The van der Waals surface area contributed by atoms with Crippen LogP contribution in [0.15, 0.2) is 42.7 Å². The van der Waals surface area contributed by atoms with Crippen LogP contribution in [0.5, 0.6) is 0 Å². The SMILES string of the molecule is CC1Cc2ccccc2N(c2cnccc2C(=N)N)C1. The number of pyridine rings is 1. The zero-order valence-electron chi connectivity index (χ0n) is 11.5. The molecule has 0 saturated carbocycles. The molecular weight excluding hydrogens is 248 g/mol. The molecule has 2 heterocycles. The number of nitrogen functional groups attached to an aromatic ring is 1. The number of nitrogens with two attached hydrogens (primary N) is 1. The molecule has 0 saturated heterocycles. The Labute approximate surface area is 118 Å². The Kier molecular flexibility index (Phi) is 3.14. The lowest BCUT2D eigenvalue weighted by Gasteiger charge is -2.35. The minimum Gasteiger partial charge on any atom is -0.384 e. The van der Waals surface area contributed by atoms with Crippen LogP contribution in [0.1, 0.15) is 18.1 Å². The first kappa shape index (κ1) is 12.7. The number of benzene rings is 1. The molecule has 20 heavy (non-hydrogen) atoms. The van der Waals surface area contributed by atoms with E-state index < -0.39 is 0 Å². The quantitative estimate of drug-likeness (QED) is 0.648. The van der Waals surface area contributed by atoms with Crippen LogP contribution in [-0.4, -0.2) is 17.4 Å². The predicted octanol–water partition coefficient (Wildman–Crippen LogP) is 2.70. The van der Waals surface area contributed by atoms with Gasteiger partial charge in [-0.25, -0.2) is 0 Å². The fourth-order valence-electron chi connectivity index (χ4n) is 2.85. The summed E-state index contributed by atoms with van der Waals surface area (Å²) in [6, 6.07) is 10.2. The first-order valence-electron chi connectivity index (χ1n) is 6.80. The average Bonchev–Trinajstić information content (AvgIpc) is 2.46. The summed E-state index contributed by atoms with van der Waals surface area (Å²) in [7, 11) is 0. The number of anilines is 2. The van der Waals surface area contributed by atoms with Crippen molar-refractivity contribution in [1.29, 1.82) is 5.41 Å². The summed E-state index contributed by atoms with van der Waals surface area (Å²) in [4.78, 5) is 6.44. The molecule has 0 amide bonds. The maximum Gasteiger partial charge on any atom is 0.125 e. The van der Waals surface area contributed by atoms with Crippen molar-refractivity contribution in [2.75, 3.05) is 11.4 Å². The van der Waals surface area contributed by atoms with Crippen LogP contribution in [0, 0.1) is 11.3 Å². The molecule has 3 rings (SSSR count). The molecular formula is C16H18N4. The summed E-state index contributed by atoms with van der Waals surface area (Å²) in [6.45, 7) is 3.16. The molecule has 102 valence electrons. The Balaban J connectivity index is 2.13. The fourth-order valence-corrected chi connectivity index (χ4v) is 2.85. The van der Waals surface area contributed by atoms with E-state index in [1.807, 2.05) is 6.07 Å². The van der Waals surface area contributed by atoms with E-state index >= 15 is 0 Å². The minimum atomic E-state index is 0.0816. The number of nitrogens with zero attached hydrogens (tertiary/aromatic N) is 2. The Morgan fingerprint density at radius 2 is 2.10 bits per heavy atom. The summed E-state index contributed by atoms with van der Waals surface area (Å²) in [6.07, 6.45) is 4.56. The third-order valence-electron chi connectivity index (χ3n) is 3.73. The Bertz CT molecular complexity index is 650. The van der Waals surface area contributed by atoms with Crippen molar-refractivity contribution in [2.24, 2.45) is 11.7 Å². The number of amidine groups is 1. The lowest BCUT2D eigenvalue weighted by atomic mass is 9.93. The molecule has 0 fully saturated rings. The molecule has 4 nitrogen and oxygen atoms in total. The Morgan fingerprint density at radius 1 is 1.30 bits per heavy atom. The van der Waals surface area contributed by atoms with Gasteiger partial charge in [0.15, 0.2) is 0 Å². The summed E-state index contributed by atoms with van der Waals surface area (Å²) in [5.74, 6) is 0.642. The van der Waals surface area contributed by atoms with Gasteiger partial charge in [0.25, 0.3) is 0 Å². The van der Waals surface area contributed by atoms with Gasteiger partial charge in [-0.05, 0) is 30.0 Å². The fraction of sp³-hybridized carbons (Fsp3) is 0.250. The van der Waals surface area contributed by atoms with E-state index in [4.69, 9.17) is 11.1 Å². The van der Waals surface area contributed by atoms with E-state index in [1.165, 1.54) is 11.3 Å². The van der Waals surface area contributed by atoms with Crippen molar-refractivity contribution in [2.45, 2.75) is 13.3 Å². The molecule has 1 unspecified atom stereocenters. The van der Waals surface area contributed by atoms with E-state index in [-0.39, 0.29) is 5.84 Å². The number of hydrogen-bond donors (Lipinski definition) is 2. The van der Waals surface area contributed by atoms with Gasteiger partial charge in [0, 0.05) is 24.0 Å². The summed E-state index contributed by atoms with van der Waals surface area (Å²) >= 11 is 0. The molecule has 1 aromatic carbocycles. The van der Waals surface area contributed by atoms with E-state index in [2.05, 4.69) is 35.0 Å². The van der Waals surface area contributed by atoms with Gasteiger partial charge in [-0.2, -0.15) is 0 Å². The lowest BCUT2D eigenvalue weighted by Crippen LogP contribution is -2.32. The molecule has 1 aliphatic heterocycles. The first-order chi connectivity index (χ1) is 9.66. The van der Waals surface area contributed by atoms with Gasteiger partial charge in [0.05, 0.1) is 11.9 Å². The van der Waals surface area contributed by atoms with Crippen LogP contribution in [0.25, 0.3) is 0 Å². The third kappa shape index (κ3) is 2.13. The Morgan fingerprint density at radius 3 is 2.90 bits per heavy atom. The van der Waals surface area contributed by atoms with Gasteiger partial charge in [0.1, 0.15) is 5.84 Å². The Hall–Kier alpha value is -2.36. The zero-order chi connectivity index (χ0) is 14.1. The van der Waals surface area contributed by atoms with Crippen LogP contribution < -0.4 is 10.6 Å². The number of aromatic nitrogens is 1. The van der Waals surface area contributed by atoms with E-state index in [9.17, 15) is 0 Å². The second kappa shape index (κ2) is 4.96. The number of hydrogen-bond acceptors (Lipinski definition) is 3. The topological polar surface area (TPSA) is 66.0 Å². The van der Waals surface area contributed by atoms with Crippen LogP contribution in [-0.2, 0) is 6.42 Å². The van der Waals surface area contributed by atoms with Gasteiger partial charge in [-0.1, -0.05) is 25.1 Å². The van der Waals surface area contributed by atoms with E-state index in [1.54, 1.807) is 18.5 Å². The predicted molar refractivity (Wildman–Crippen MR) is 81.6 cm³/mol. The van der Waals surface area contributed by atoms with Gasteiger partial charge >= 0.3 is 0 Å². The largest absolute Gasteiger partial charge is 0.384 e. The average molecular weight is 266 g/mol. The molecule has 1 aliphatic rings. The number of fused-ring (bicyclic) bond motifs is 1. The first-order valence-corrected chi connectivity index (χ1v) is 6.80. The highest BCUT2D eigenvalue weighted by atomic mass is 15.2. The normalized spacial score (nSPS) is 17.6. The van der Waals surface area contributed by atoms with Crippen LogP contribution >= 0.6 is 0 Å². The molecule has 0 radical (unpaired) electrons. The van der Waals surface area contributed by atoms with Crippen molar-refractivity contribution >= 4 is 17.2 Å². The van der Waals surface area contributed by atoms with Crippen molar-refractivity contribution in [3.63, 3.8) is 0 Å². The summed E-state index contributed by atoms with van der Waals surface area (Å²) in [5, 5.41) is 7.75. The highest BCUT2D eigenvalue weighted by molar-refractivity contribution is 6.01. The highest BCUT2D eigenvalue weighted by Crippen LogP contribution is 2.36. The van der Waals surface area contributed by atoms with E-state index in [0.717, 1.165) is 24.2 Å². The van der Waals surface area contributed by atoms with Crippen molar-refractivity contribution in [1.82, 2.24) is 4.98 Å². The molecule has 1 atom stereocenters. The number of nitrogens with one attached hydrogen (secondary N) is 1. The lowest BCUT2D eigenvalue weighted by molar-refractivity contribution is 0.562. The summed E-state index contributed by atoms with van der Waals surface area (Å²) < 4.78 is 0. The molecule has 0 bridgehead atoms. The van der Waals surface area contributed by atoms with Gasteiger partial charge in [-0.3, -0.25) is 10.4 Å². The van der Waals surface area contributed by atoms with Gasteiger partial charge < -0.3 is 10.6 Å². The van der Waals surface area contributed by atoms with Gasteiger partial charge in [-0.15, -0.1) is 0 Å². The molecule has 2 aromatic rings. The van der Waals surface area contributed by atoms with Crippen molar-refractivity contribution in [3.05, 3.63) is 53.9 Å². The van der Waals surface area contributed by atoms with Crippen molar-refractivity contribution in [3.8, 4) is 0 Å². The molecule has 3 N–H and O–H groups in total. The number of para-hydroxylation sites is 1. The smallest absolute Gasteiger partial charge is 0.125 e. The standard InChI is InChI=1S/C16H18N4/c1-11-8-12-4-2-3-5-14(12)20(10-11)15-9-19-7-6-13(15)16(17)18/h2-7,9,11H,8,10H2,1H3,(H3,17,18). The monoisotopic (exact) mass is 266 g/mol. The van der Waals surface area contributed by atoms with Gasteiger partial charge in [0.2, 0.25) is 0 Å². The maximum atomic E-state index is 7.75. The van der Waals surface area contributed by atoms with Crippen LogP contribution in [0.2, 0.25) is 0 Å². The second-order valence-electron chi connectivity index (χ2n) is 5.36. The molecule has 4 heteroatoms. The minimum absolute atomic E-state index is 0.0816. The second-order valence-corrected chi connectivity index (χ2v) is 5.36. The molecule has 1 aromatic heterocycles. The zero-order valence-corrected chi connectivity index (χ0v) is 11.5. The van der Waals surface area contributed by atoms with Crippen LogP contribution in [0.3, 0.4) is 0 Å². The number of rotatable bonds is 2. The van der Waals surface area contributed by atoms with Crippen molar-refractivity contribution < 1.29 is 0 Å². The molecule has 0 aliphatic carbocycles. The van der Waals surface area contributed by atoms with E-state index in [0.29, 0.717) is 5.92 Å². The summed E-state index contributed by atoms with van der Waals surface area (Å²) in [5.41, 5.74) is 9.89. The van der Waals surface area contributed by atoms with Crippen LogP contribution in [0.4, 0.5) is 11.4 Å². The molecule has 0 spiro atoms. The third-order valence-corrected chi connectivity index (χ3v) is 3.73. The maximum absolute atomic E-state index is 7.75. The highest BCUT2D eigenvalue weighted by Gasteiger charge is 2.24.